The predicted octanol–water partition coefficient (Wildman–Crippen LogP) is 1.57. The Bertz CT molecular complexity index is 492. The molecule has 1 unspecified atom stereocenters. The lowest BCUT2D eigenvalue weighted by atomic mass is 10.2. The van der Waals surface area contributed by atoms with E-state index < -0.39 is 12.1 Å². The van der Waals surface area contributed by atoms with Gasteiger partial charge in [0.25, 0.3) is 5.91 Å². The highest BCUT2D eigenvalue weighted by molar-refractivity contribution is 6.32. The maximum atomic E-state index is 11.7. The third-order valence-electron chi connectivity index (χ3n) is 2.47. The summed E-state index contributed by atoms with van der Waals surface area (Å²) in [4.78, 5) is 22.8. The third kappa shape index (κ3) is 4.40. The number of amides is 1. The van der Waals surface area contributed by atoms with Crippen LogP contribution < -0.4 is 10.1 Å². The van der Waals surface area contributed by atoms with Crippen LogP contribution in [0.15, 0.2) is 18.2 Å². The van der Waals surface area contributed by atoms with Gasteiger partial charge in [-0.25, -0.2) is 4.79 Å². The lowest BCUT2D eigenvalue weighted by Crippen LogP contribution is -2.38. The fraction of sp³-hybridized carbons (Fsp3) is 0.385. The lowest BCUT2D eigenvalue weighted by Gasteiger charge is -2.17. The van der Waals surface area contributed by atoms with Gasteiger partial charge in [0.15, 0.2) is 11.9 Å². The molecule has 6 nitrogen and oxygen atoms in total. The number of para-hydroxylation sites is 1. The van der Waals surface area contributed by atoms with E-state index in [1.807, 2.05) is 0 Å². The van der Waals surface area contributed by atoms with Crippen LogP contribution in [0.1, 0.15) is 17.3 Å². The molecule has 1 amide bonds. The van der Waals surface area contributed by atoms with Gasteiger partial charge in [-0.1, -0.05) is 17.7 Å². The maximum absolute atomic E-state index is 11.7. The van der Waals surface area contributed by atoms with Gasteiger partial charge < -0.3 is 19.9 Å². The molecule has 0 fully saturated rings. The van der Waals surface area contributed by atoms with Crippen molar-refractivity contribution >= 4 is 23.5 Å². The standard InChI is InChI=1S/C13H16ClNO5/c1-8(12(16)15-6-7-19-2)20-11-9(13(17)18)4-3-5-10(11)14/h3-5,8H,6-7H2,1-2H3,(H,15,16)(H,17,18). The number of ether oxygens (including phenoxy) is 2. The summed E-state index contributed by atoms with van der Waals surface area (Å²) in [6.45, 7) is 2.24. The molecule has 0 heterocycles. The number of carboxylic acid groups (broad SMARTS) is 1. The zero-order valence-corrected chi connectivity index (χ0v) is 11.9. The molecule has 0 saturated carbocycles. The van der Waals surface area contributed by atoms with Gasteiger partial charge >= 0.3 is 5.97 Å². The van der Waals surface area contributed by atoms with Crippen molar-refractivity contribution in [2.45, 2.75) is 13.0 Å². The Balaban J connectivity index is 2.77. The lowest BCUT2D eigenvalue weighted by molar-refractivity contribution is -0.127. The Morgan fingerprint density at radius 2 is 2.15 bits per heavy atom. The molecule has 0 spiro atoms. The number of hydrogen-bond donors (Lipinski definition) is 2. The summed E-state index contributed by atoms with van der Waals surface area (Å²) in [6, 6.07) is 4.36. The number of aromatic carboxylic acids is 1. The van der Waals surface area contributed by atoms with Crippen molar-refractivity contribution in [1.82, 2.24) is 5.32 Å². The van der Waals surface area contributed by atoms with E-state index in [-0.39, 0.29) is 22.2 Å². The molecule has 110 valence electrons. The number of carbonyl (C=O) groups is 2. The molecule has 1 aromatic carbocycles. The van der Waals surface area contributed by atoms with Crippen molar-refractivity contribution in [3.63, 3.8) is 0 Å². The van der Waals surface area contributed by atoms with Gasteiger partial charge in [-0.2, -0.15) is 0 Å². The molecule has 0 radical (unpaired) electrons. The first-order valence-corrected chi connectivity index (χ1v) is 6.30. The van der Waals surface area contributed by atoms with Crippen LogP contribution in [-0.4, -0.2) is 43.3 Å². The fourth-order valence-corrected chi connectivity index (χ4v) is 1.67. The minimum absolute atomic E-state index is 0.0175. The molecule has 0 aromatic heterocycles. The number of halogens is 1. The Morgan fingerprint density at radius 3 is 2.75 bits per heavy atom. The smallest absolute Gasteiger partial charge is 0.339 e. The van der Waals surface area contributed by atoms with Crippen molar-refractivity contribution < 1.29 is 24.2 Å². The van der Waals surface area contributed by atoms with Crippen molar-refractivity contribution in [3.8, 4) is 5.75 Å². The van der Waals surface area contributed by atoms with Gasteiger partial charge in [0.2, 0.25) is 0 Å². The Kier molecular flexibility index (Phi) is 6.27. The molecule has 7 heteroatoms. The van der Waals surface area contributed by atoms with E-state index in [1.165, 1.54) is 32.2 Å². The zero-order chi connectivity index (χ0) is 15.1. The summed E-state index contributed by atoms with van der Waals surface area (Å²) in [5.41, 5.74) is -0.0889. The molecular formula is C13H16ClNO5. The predicted molar refractivity (Wildman–Crippen MR) is 73.4 cm³/mol. The molecule has 0 aliphatic rings. The summed E-state index contributed by atoms with van der Waals surface area (Å²) in [6.07, 6.45) is -0.871. The number of carboxylic acids is 1. The average molecular weight is 302 g/mol. The average Bonchev–Trinajstić information content (AvgIpc) is 2.40. The van der Waals surface area contributed by atoms with Gasteiger partial charge in [-0.15, -0.1) is 0 Å². The SMILES string of the molecule is COCCNC(=O)C(C)Oc1c(Cl)cccc1C(=O)O. The Morgan fingerprint density at radius 1 is 1.45 bits per heavy atom. The first-order chi connectivity index (χ1) is 9.47. The minimum Gasteiger partial charge on any atom is -0.478 e. The van der Waals surface area contributed by atoms with Crippen LogP contribution in [0.4, 0.5) is 0 Å². The van der Waals surface area contributed by atoms with Gasteiger partial charge in [0, 0.05) is 13.7 Å². The molecule has 1 rings (SSSR count). The quantitative estimate of drug-likeness (QED) is 0.747. The fourth-order valence-electron chi connectivity index (χ4n) is 1.45. The molecule has 1 aromatic rings. The molecule has 1 atom stereocenters. The van der Waals surface area contributed by atoms with E-state index in [1.54, 1.807) is 0 Å². The highest BCUT2D eigenvalue weighted by atomic mass is 35.5. The molecular weight excluding hydrogens is 286 g/mol. The normalized spacial score (nSPS) is 11.8. The zero-order valence-electron chi connectivity index (χ0n) is 11.2. The molecule has 0 bridgehead atoms. The maximum Gasteiger partial charge on any atom is 0.339 e. The van der Waals surface area contributed by atoms with E-state index in [9.17, 15) is 9.59 Å². The van der Waals surface area contributed by atoms with Crippen LogP contribution in [0.25, 0.3) is 0 Å². The van der Waals surface area contributed by atoms with Crippen LogP contribution in [0.5, 0.6) is 5.75 Å². The van der Waals surface area contributed by atoms with Crippen LogP contribution >= 0.6 is 11.6 Å². The third-order valence-corrected chi connectivity index (χ3v) is 2.76. The van der Waals surface area contributed by atoms with Crippen molar-refractivity contribution in [1.29, 1.82) is 0 Å². The summed E-state index contributed by atoms with van der Waals surface area (Å²) in [5.74, 6) is -1.57. The molecule has 2 N–H and O–H groups in total. The van der Waals surface area contributed by atoms with E-state index in [4.69, 9.17) is 26.2 Å². The van der Waals surface area contributed by atoms with E-state index in [0.29, 0.717) is 13.2 Å². The number of methoxy groups -OCH3 is 1. The number of benzene rings is 1. The second-order valence-electron chi connectivity index (χ2n) is 3.97. The van der Waals surface area contributed by atoms with Crippen molar-refractivity contribution in [2.75, 3.05) is 20.3 Å². The van der Waals surface area contributed by atoms with Crippen LogP contribution in [0, 0.1) is 0 Å². The number of hydrogen-bond acceptors (Lipinski definition) is 4. The molecule has 20 heavy (non-hydrogen) atoms. The first-order valence-electron chi connectivity index (χ1n) is 5.92. The second kappa shape index (κ2) is 7.72. The van der Waals surface area contributed by atoms with Gasteiger partial charge in [0.1, 0.15) is 5.56 Å². The number of nitrogens with one attached hydrogen (secondary N) is 1. The summed E-state index contributed by atoms with van der Waals surface area (Å²) in [5, 5.41) is 11.8. The van der Waals surface area contributed by atoms with Crippen LogP contribution in [0.3, 0.4) is 0 Å². The van der Waals surface area contributed by atoms with Crippen LogP contribution in [0.2, 0.25) is 5.02 Å². The van der Waals surface area contributed by atoms with E-state index in [0.717, 1.165) is 0 Å². The van der Waals surface area contributed by atoms with Gasteiger partial charge in [-0.05, 0) is 19.1 Å². The highest BCUT2D eigenvalue weighted by Gasteiger charge is 2.20. The molecule has 0 saturated heterocycles. The minimum atomic E-state index is -1.17. The largest absolute Gasteiger partial charge is 0.478 e. The summed E-state index contributed by atoms with van der Waals surface area (Å²) in [7, 11) is 1.52. The Hall–Kier alpha value is -1.79. The number of carbonyl (C=O) groups excluding carboxylic acids is 1. The molecule has 0 aliphatic heterocycles. The van der Waals surface area contributed by atoms with Crippen molar-refractivity contribution in [2.24, 2.45) is 0 Å². The molecule has 0 aliphatic carbocycles. The van der Waals surface area contributed by atoms with Crippen molar-refractivity contribution in [3.05, 3.63) is 28.8 Å². The topological polar surface area (TPSA) is 84.9 Å². The number of rotatable bonds is 7. The highest BCUT2D eigenvalue weighted by Crippen LogP contribution is 2.29. The summed E-state index contributed by atoms with van der Waals surface area (Å²) >= 11 is 5.91. The van der Waals surface area contributed by atoms with Crippen LogP contribution in [-0.2, 0) is 9.53 Å². The first kappa shape index (κ1) is 16.3. The van der Waals surface area contributed by atoms with Gasteiger partial charge in [-0.3, -0.25) is 4.79 Å². The monoisotopic (exact) mass is 301 g/mol. The van der Waals surface area contributed by atoms with E-state index in [2.05, 4.69) is 5.32 Å². The van der Waals surface area contributed by atoms with Gasteiger partial charge in [0.05, 0.1) is 11.6 Å². The van der Waals surface area contributed by atoms with E-state index >= 15 is 0 Å². The Labute approximate surface area is 121 Å². The summed E-state index contributed by atoms with van der Waals surface area (Å²) < 4.78 is 10.2. The second-order valence-corrected chi connectivity index (χ2v) is 4.37.